The van der Waals surface area contributed by atoms with Crippen LogP contribution in [-0.4, -0.2) is 33.2 Å². The van der Waals surface area contributed by atoms with E-state index in [2.05, 4.69) is 0 Å². The lowest BCUT2D eigenvalue weighted by Gasteiger charge is -2.51. The number of carbonyl (C=O) groups excluding carboxylic acids is 1. The van der Waals surface area contributed by atoms with Gasteiger partial charge < -0.3 is 20.5 Å². The van der Waals surface area contributed by atoms with Crippen LogP contribution in [0, 0.1) is 11.3 Å². The van der Waals surface area contributed by atoms with Gasteiger partial charge in [0, 0.05) is 11.1 Å². The summed E-state index contributed by atoms with van der Waals surface area (Å²) in [6.07, 6.45) is -1.01. The maximum atomic E-state index is 12.0. The summed E-state index contributed by atoms with van der Waals surface area (Å²) in [6.45, 7) is 9.17. The van der Waals surface area contributed by atoms with E-state index in [-0.39, 0.29) is 0 Å². The summed E-state index contributed by atoms with van der Waals surface area (Å²) in [6, 6.07) is 5.63. The van der Waals surface area contributed by atoms with Crippen molar-refractivity contribution in [2.24, 2.45) is 5.73 Å². The lowest BCUT2D eigenvalue weighted by atomic mass is 9.82. The molecule has 2 amide bonds. The lowest BCUT2D eigenvalue weighted by molar-refractivity contribution is -0.0882. The van der Waals surface area contributed by atoms with Gasteiger partial charge in [-0.3, -0.25) is 0 Å². The number of fused-ring (bicyclic) bond motifs is 1. The summed E-state index contributed by atoms with van der Waals surface area (Å²) < 4.78 is 6.01. The number of nitrogens with zero attached hydrogens (tertiary/aromatic N) is 2. The number of urea groups is 1. The van der Waals surface area contributed by atoms with Crippen LogP contribution < -0.4 is 10.5 Å². The van der Waals surface area contributed by atoms with Crippen molar-refractivity contribution in [3.8, 4) is 11.8 Å². The number of hydrogen-bond donors (Lipinski definition) is 2. The Balaban J connectivity index is 2.59. The molecule has 0 radical (unpaired) electrons. The van der Waals surface area contributed by atoms with E-state index in [1.54, 1.807) is 18.2 Å². The van der Waals surface area contributed by atoms with Crippen molar-refractivity contribution in [1.29, 1.82) is 5.26 Å². The summed E-state index contributed by atoms with van der Waals surface area (Å²) >= 11 is 0. The zero-order valence-corrected chi connectivity index (χ0v) is 14.1. The third-order valence-corrected chi connectivity index (χ3v) is 4.08. The van der Waals surface area contributed by atoms with Gasteiger partial charge in [-0.25, -0.2) is 4.79 Å². The Morgan fingerprint density at radius 3 is 2.52 bits per heavy atom. The highest BCUT2D eigenvalue weighted by Gasteiger charge is 2.50. The fourth-order valence-corrected chi connectivity index (χ4v) is 3.17. The second kappa shape index (κ2) is 5.43. The molecule has 3 N–H and O–H groups in total. The zero-order valence-electron chi connectivity index (χ0n) is 14.1. The van der Waals surface area contributed by atoms with E-state index in [1.807, 2.05) is 40.7 Å². The minimum Gasteiger partial charge on any atom is -0.485 e. The van der Waals surface area contributed by atoms with Crippen LogP contribution in [0.5, 0.6) is 5.75 Å². The smallest absolute Gasteiger partial charge is 0.315 e. The number of carbonyl (C=O) groups is 1. The first-order valence-electron chi connectivity index (χ1n) is 7.49. The molecule has 0 aromatic heterocycles. The maximum absolute atomic E-state index is 12.0. The lowest BCUT2D eigenvalue weighted by Crippen LogP contribution is -2.65. The van der Waals surface area contributed by atoms with E-state index in [4.69, 9.17) is 15.7 Å². The number of nitrogens with two attached hydrogens (primary N) is 1. The number of ether oxygens (including phenoxy) is 1. The fourth-order valence-electron chi connectivity index (χ4n) is 3.17. The SMILES string of the molecule is CC1(C)Oc2ccc(C#N)cc2C(O)C1N(C(N)=O)C(C)(C)C. The predicted octanol–water partition coefficient (Wildman–Crippen LogP) is 2.31. The molecular formula is C17H23N3O3. The van der Waals surface area contributed by atoms with Crippen molar-refractivity contribution in [3.63, 3.8) is 0 Å². The summed E-state index contributed by atoms with van der Waals surface area (Å²) in [5.41, 5.74) is 5.05. The first kappa shape index (κ1) is 17.1. The Bertz CT molecular complexity index is 671. The Morgan fingerprint density at radius 2 is 2.04 bits per heavy atom. The molecule has 0 saturated carbocycles. The minimum atomic E-state index is -1.01. The van der Waals surface area contributed by atoms with Gasteiger partial charge in [0.05, 0.1) is 11.6 Å². The molecule has 1 aromatic rings. The Hall–Kier alpha value is -2.26. The van der Waals surface area contributed by atoms with Crippen LogP contribution in [0.3, 0.4) is 0 Å². The van der Waals surface area contributed by atoms with E-state index in [9.17, 15) is 9.90 Å². The monoisotopic (exact) mass is 317 g/mol. The minimum absolute atomic E-state index is 0.422. The van der Waals surface area contributed by atoms with Crippen LogP contribution in [0.4, 0.5) is 4.79 Å². The molecule has 0 saturated heterocycles. The summed E-state index contributed by atoms with van der Waals surface area (Å²) in [4.78, 5) is 13.5. The molecule has 2 rings (SSSR count). The molecule has 0 spiro atoms. The van der Waals surface area contributed by atoms with Crippen molar-refractivity contribution < 1.29 is 14.6 Å². The topological polar surface area (TPSA) is 99.6 Å². The van der Waals surface area contributed by atoms with E-state index in [0.29, 0.717) is 16.9 Å². The molecule has 23 heavy (non-hydrogen) atoms. The van der Waals surface area contributed by atoms with E-state index < -0.39 is 29.3 Å². The van der Waals surface area contributed by atoms with Crippen LogP contribution >= 0.6 is 0 Å². The van der Waals surface area contributed by atoms with Gasteiger partial charge in [-0.1, -0.05) is 0 Å². The molecular weight excluding hydrogens is 294 g/mol. The molecule has 1 aliphatic heterocycles. The number of nitriles is 1. The Kier molecular flexibility index (Phi) is 4.03. The summed E-state index contributed by atoms with van der Waals surface area (Å²) in [5.74, 6) is 0.510. The van der Waals surface area contributed by atoms with Gasteiger partial charge in [-0.2, -0.15) is 5.26 Å². The number of aliphatic hydroxyl groups is 1. The number of primary amides is 1. The highest BCUT2D eigenvalue weighted by molar-refractivity contribution is 5.74. The maximum Gasteiger partial charge on any atom is 0.315 e. The Labute approximate surface area is 136 Å². The molecule has 1 heterocycles. The van der Waals surface area contributed by atoms with Gasteiger partial charge >= 0.3 is 6.03 Å². The van der Waals surface area contributed by atoms with Crippen LogP contribution in [0.25, 0.3) is 0 Å². The number of aliphatic hydroxyl groups excluding tert-OH is 1. The summed E-state index contributed by atoms with van der Waals surface area (Å²) in [5, 5.41) is 20.0. The number of rotatable bonds is 1. The standard InChI is InChI=1S/C17H23N3O3/c1-16(2,3)20(15(19)22)14-13(21)11-8-10(9-18)6-7-12(11)23-17(14,4)5/h6-8,13-14,21H,1-5H3,(H2,19,22). The zero-order chi connectivity index (χ0) is 17.6. The average molecular weight is 317 g/mol. The van der Waals surface area contributed by atoms with Gasteiger partial charge in [0.15, 0.2) is 0 Å². The van der Waals surface area contributed by atoms with Gasteiger partial charge in [0.25, 0.3) is 0 Å². The van der Waals surface area contributed by atoms with Gasteiger partial charge in [-0.05, 0) is 52.8 Å². The van der Waals surface area contributed by atoms with E-state index in [1.165, 1.54) is 4.90 Å². The van der Waals surface area contributed by atoms with Crippen molar-refractivity contribution in [2.75, 3.05) is 0 Å². The molecule has 0 bridgehead atoms. The quantitative estimate of drug-likeness (QED) is 0.830. The van der Waals surface area contributed by atoms with Gasteiger partial charge in [-0.15, -0.1) is 0 Å². The molecule has 2 unspecified atom stereocenters. The van der Waals surface area contributed by atoms with Crippen molar-refractivity contribution >= 4 is 6.03 Å². The second-order valence-electron chi connectivity index (χ2n) is 7.34. The molecule has 2 atom stereocenters. The molecule has 124 valence electrons. The predicted molar refractivity (Wildman–Crippen MR) is 85.8 cm³/mol. The number of benzene rings is 1. The molecule has 1 aromatic carbocycles. The molecule has 1 aliphatic rings. The van der Waals surface area contributed by atoms with Crippen molar-refractivity contribution in [3.05, 3.63) is 29.3 Å². The molecule has 0 fully saturated rings. The third kappa shape index (κ3) is 2.97. The summed E-state index contributed by atoms with van der Waals surface area (Å²) in [7, 11) is 0. The largest absolute Gasteiger partial charge is 0.485 e. The molecule has 0 aliphatic carbocycles. The van der Waals surface area contributed by atoms with Gasteiger partial charge in [0.1, 0.15) is 23.5 Å². The second-order valence-corrected chi connectivity index (χ2v) is 7.34. The van der Waals surface area contributed by atoms with E-state index >= 15 is 0 Å². The van der Waals surface area contributed by atoms with Crippen LogP contribution in [-0.2, 0) is 0 Å². The van der Waals surface area contributed by atoms with E-state index in [0.717, 1.165) is 0 Å². The number of hydrogen-bond acceptors (Lipinski definition) is 4. The first-order valence-corrected chi connectivity index (χ1v) is 7.49. The molecule has 6 heteroatoms. The van der Waals surface area contributed by atoms with Crippen LogP contribution in [0.1, 0.15) is 51.8 Å². The average Bonchev–Trinajstić information content (AvgIpc) is 2.40. The van der Waals surface area contributed by atoms with Crippen molar-refractivity contribution in [1.82, 2.24) is 4.90 Å². The van der Waals surface area contributed by atoms with Gasteiger partial charge in [0.2, 0.25) is 0 Å². The highest BCUT2D eigenvalue weighted by Crippen LogP contribution is 2.44. The molecule has 6 nitrogen and oxygen atoms in total. The highest BCUT2D eigenvalue weighted by atomic mass is 16.5. The first-order chi connectivity index (χ1) is 10.5. The van der Waals surface area contributed by atoms with Crippen LogP contribution in [0.2, 0.25) is 0 Å². The third-order valence-electron chi connectivity index (χ3n) is 4.08. The fraction of sp³-hybridized carbons (Fsp3) is 0.529. The normalized spacial score (nSPS) is 22.5. The van der Waals surface area contributed by atoms with Crippen molar-refractivity contribution in [2.45, 2.75) is 57.9 Å². The Morgan fingerprint density at radius 1 is 1.43 bits per heavy atom. The van der Waals surface area contributed by atoms with Crippen LogP contribution in [0.15, 0.2) is 18.2 Å². The number of amides is 2.